The fraction of sp³-hybridized carbons (Fsp3) is 0.235. The normalized spacial score (nSPS) is 13.0. The van der Waals surface area contributed by atoms with Crippen molar-refractivity contribution in [3.05, 3.63) is 46.9 Å². The third-order valence-corrected chi connectivity index (χ3v) is 4.17. The highest BCUT2D eigenvalue weighted by atomic mass is 16.5. The number of rotatable bonds is 3. The fourth-order valence-corrected chi connectivity index (χ4v) is 3.17. The highest BCUT2D eigenvalue weighted by Gasteiger charge is 2.24. The van der Waals surface area contributed by atoms with Gasteiger partial charge in [0.1, 0.15) is 0 Å². The maximum absolute atomic E-state index is 12.8. The standard InChI is InChI=1S/C17H16N6O2/c18-16-21-13(22-17(19)23-16)8-25-15(24)14-9-4-1-2-6-11(9)20-12-7-3-5-10(12)14/h1-2,4,6H,3,5,7-8H2,(H4,18,19,21,22,23). The quantitative estimate of drug-likeness (QED) is 0.687. The minimum atomic E-state index is -0.422. The molecule has 3 aromatic rings. The lowest BCUT2D eigenvalue weighted by Crippen LogP contribution is -2.13. The topological polar surface area (TPSA) is 130 Å². The molecule has 1 aromatic carbocycles. The third-order valence-electron chi connectivity index (χ3n) is 4.17. The summed E-state index contributed by atoms with van der Waals surface area (Å²) in [7, 11) is 0. The van der Waals surface area contributed by atoms with E-state index in [0.29, 0.717) is 5.56 Å². The van der Waals surface area contributed by atoms with Crippen molar-refractivity contribution < 1.29 is 9.53 Å². The summed E-state index contributed by atoms with van der Waals surface area (Å²) >= 11 is 0. The molecule has 0 spiro atoms. The first-order valence-electron chi connectivity index (χ1n) is 7.95. The smallest absolute Gasteiger partial charge is 0.339 e. The monoisotopic (exact) mass is 336 g/mol. The summed E-state index contributed by atoms with van der Waals surface area (Å²) in [5.41, 5.74) is 14.4. The van der Waals surface area contributed by atoms with Crippen LogP contribution in [0.4, 0.5) is 11.9 Å². The van der Waals surface area contributed by atoms with Gasteiger partial charge in [0.15, 0.2) is 12.4 Å². The van der Waals surface area contributed by atoms with Crippen molar-refractivity contribution in [2.75, 3.05) is 11.5 Å². The van der Waals surface area contributed by atoms with Gasteiger partial charge in [-0.05, 0) is 30.9 Å². The van der Waals surface area contributed by atoms with Gasteiger partial charge in [0.25, 0.3) is 0 Å². The van der Waals surface area contributed by atoms with Gasteiger partial charge in [-0.1, -0.05) is 18.2 Å². The Hall–Kier alpha value is -3.29. The fourth-order valence-electron chi connectivity index (χ4n) is 3.17. The molecule has 2 heterocycles. The Bertz CT molecular complexity index is 968. The van der Waals surface area contributed by atoms with Crippen LogP contribution in [0.15, 0.2) is 24.3 Å². The largest absolute Gasteiger partial charge is 0.454 e. The number of nitrogens with two attached hydrogens (primary N) is 2. The number of esters is 1. The summed E-state index contributed by atoms with van der Waals surface area (Å²) in [5.74, 6) is -0.217. The number of carbonyl (C=O) groups excluding carboxylic acids is 1. The van der Waals surface area contributed by atoms with Gasteiger partial charge in [-0.25, -0.2) is 4.79 Å². The van der Waals surface area contributed by atoms with Crippen LogP contribution in [0.3, 0.4) is 0 Å². The van der Waals surface area contributed by atoms with E-state index in [9.17, 15) is 4.79 Å². The van der Waals surface area contributed by atoms with Crippen molar-refractivity contribution in [2.24, 2.45) is 0 Å². The number of benzene rings is 1. The van der Waals surface area contributed by atoms with Crippen molar-refractivity contribution >= 4 is 28.8 Å². The number of fused-ring (bicyclic) bond motifs is 2. The number of nitrogens with zero attached hydrogens (tertiary/aromatic N) is 4. The zero-order chi connectivity index (χ0) is 17.4. The number of carbonyl (C=O) groups is 1. The number of pyridine rings is 1. The molecule has 0 unspecified atom stereocenters. The molecule has 1 aliphatic carbocycles. The van der Waals surface area contributed by atoms with E-state index < -0.39 is 5.97 Å². The molecule has 0 aliphatic heterocycles. The van der Waals surface area contributed by atoms with Crippen molar-refractivity contribution in [3.8, 4) is 0 Å². The van der Waals surface area contributed by atoms with Gasteiger partial charge in [-0.15, -0.1) is 0 Å². The lowest BCUT2D eigenvalue weighted by atomic mass is 10.0. The number of aromatic nitrogens is 4. The molecule has 4 rings (SSSR count). The number of aryl methyl sites for hydroxylation is 1. The maximum atomic E-state index is 12.8. The van der Waals surface area contributed by atoms with E-state index in [1.807, 2.05) is 24.3 Å². The molecule has 0 fully saturated rings. The summed E-state index contributed by atoms with van der Waals surface area (Å²) in [6.45, 7) is -0.124. The first-order chi connectivity index (χ1) is 12.1. The van der Waals surface area contributed by atoms with E-state index in [4.69, 9.17) is 16.2 Å². The SMILES string of the molecule is Nc1nc(N)nc(COC(=O)c2c3c(nc4ccccc24)CCC3)n1. The minimum Gasteiger partial charge on any atom is -0.454 e. The molecular formula is C17H16N6O2. The summed E-state index contributed by atoms with van der Waals surface area (Å²) in [6, 6.07) is 7.58. The van der Waals surface area contributed by atoms with E-state index in [1.165, 1.54) is 0 Å². The number of ether oxygens (including phenoxy) is 1. The molecular weight excluding hydrogens is 320 g/mol. The highest BCUT2D eigenvalue weighted by Crippen LogP contribution is 2.30. The van der Waals surface area contributed by atoms with Gasteiger partial charge in [0.2, 0.25) is 11.9 Å². The zero-order valence-corrected chi connectivity index (χ0v) is 13.4. The van der Waals surface area contributed by atoms with Crippen LogP contribution < -0.4 is 11.5 Å². The summed E-state index contributed by atoms with van der Waals surface area (Å²) in [4.78, 5) is 29.0. The second kappa shape index (κ2) is 5.97. The van der Waals surface area contributed by atoms with Gasteiger partial charge in [-0.2, -0.15) is 15.0 Å². The Labute approximate surface area is 143 Å². The number of hydrogen-bond acceptors (Lipinski definition) is 8. The highest BCUT2D eigenvalue weighted by molar-refractivity contribution is 6.05. The number of para-hydroxylation sites is 1. The molecule has 8 nitrogen and oxygen atoms in total. The zero-order valence-electron chi connectivity index (χ0n) is 13.4. The summed E-state index contributed by atoms with van der Waals surface area (Å²) < 4.78 is 5.43. The van der Waals surface area contributed by atoms with Crippen LogP contribution in [0.2, 0.25) is 0 Å². The lowest BCUT2D eigenvalue weighted by molar-refractivity contribution is 0.0463. The van der Waals surface area contributed by atoms with Crippen molar-refractivity contribution in [3.63, 3.8) is 0 Å². The average Bonchev–Trinajstić information content (AvgIpc) is 3.04. The molecule has 0 amide bonds. The molecule has 25 heavy (non-hydrogen) atoms. The van der Waals surface area contributed by atoms with Crippen molar-refractivity contribution in [1.29, 1.82) is 0 Å². The van der Waals surface area contributed by atoms with E-state index in [-0.39, 0.29) is 24.3 Å². The second-order valence-corrected chi connectivity index (χ2v) is 5.83. The Kier molecular flexibility index (Phi) is 3.64. The second-order valence-electron chi connectivity index (χ2n) is 5.83. The first-order valence-corrected chi connectivity index (χ1v) is 7.95. The van der Waals surface area contributed by atoms with Crippen LogP contribution in [0, 0.1) is 0 Å². The van der Waals surface area contributed by atoms with Crippen LogP contribution in [-0.2, 0) is 24.2 Å². The number of hydrogen-bond donors (Lipinski definition) is 2. The van der Waals surface area contributed by atoms with E-state index in [1.54, 1.807) is 0 Å². The molecule has 126 valence electrons. The third kappa shape index (κ3) is 2.82. The molecule has 4 N–H and O–H groups in total. The van der Waals surface area contributed by atoms with Gasteiger partial charge in [0.05, 0.1) is 11.1 Å². The molecule has 0 atom stereocenters. The predicted octanol–water partition coefficient (Wildman–Crippen LogP) is 1.43. The minimum absolute atomic E-state index is 0.00574. The molecule has 0 radical (unpaired) electrons. The van der Waals surface area contributed by atoms with Crippen LogP contribution in [-0.4, -0.2) is 25.9 Å². The Morgan fingerprint density at radius 2 is 1.80 bits per heavy atom. The first kappa shape index (κ1) is 15.3. The Morgan fingerprint density at radius 1 is 1.04 bits per heavy atom. The molecule has 0 saturated heterocycles. The van der Waals surface area contributed by atoms with Gasteiger partial charge >= 0.3 is 5.97 Å². The molecule has 2 aromatic heterocycles. The summed E-state index contributed by atoms with van der Waals surface area (Å²) in [5, 5.41) is 0.794. The average molecular weight is 336 g/mol. The van der Waals surface area contributed by atoms with Crippen molar-refractivity contribution in [1.82, 2.24) is 19.9 Å². The van der Waals surface area contributed by atoms with Gasteiger partial charge in [-0.3, -0.25) is 4.98 Å². The molecule has 8 heteroatoms. The van der Waals surface area contributed by atoms with Crippen LogP contribution in [0.25, 0.3) is 10.9 Å². The van der Waals surface area contributed by atoms with Crippen LogP contribution in [0.5, 0.6) is 0 Å². The number of anilines is 2. The van der Waals surface area contributed by atoms with Gasteiger partial charge in [0, 0.05) is 11.1 Å². The van der Waals surface area contributed by atoms with Crippen molar-refractivity contribution in [2.45, 2.75) is 25.9 Å². The molecule has 0 saturated carbocycles. The van der Waals surface area contributed by atoms with E-state index in [0.717, 1.165) is 41.4 Å². The van der Waals surface area contributed by atoms with Gasteiger partial charge < -0.3 is 16.2 Å². The van der Waals surface area contributed by atoms with Crippen LogP contribution in [0.1, 0.15) is 33.9 Å². The van der Waals surface area contributed by atoms with E-state index >= 15 is 0 Å². The maximum Gasteiger partial charge on any atom is 0.339 e. The lowest BCUT2D eigenvalue weighted by Gasteiger charge is -2.12. The number of nitrogen functional groups attached to an aromatic ring is 2. The molecule has 0 bridgehead atoms. The molecule has 1 aliphatic rings. The Balaban J connectivity index is 1.68. The summed E-state index contributed by atoms with van der Waals surface area (Å²) in [6.07, 6.45) is 2.68. The van der Waals surface area contributed by atoms with E-state index in [2.05, 4.69) is 19.9 Å². The van der Waals surface area contributed by atoms with Crippen LogP contribution >= 0.6 is 0 Å². The Morgan fingerprint density at radius 3 is 2.60 bits per heavy atom. The predicted molar refractivity (Wildman–Crippen MR) is 91.5 cm³/mol.